The smallest absolute Gasteiger partial charge is 0.137 e. The van der Waals surface area contributed by atoms with Gasteiger partial charge < -0.3 is 9.47 Å². The topological polar surface area (TPSA) is 42.2 Å². The summed E-state index contributed by atoms with van der Waals surface area (Å²) in [5.74, 6) is 8.39. The Hall–Kier alpha value is -3.69. The molecule has 0 spiro atoms. The Bertz CT molecular complexity index is 1230. The first-order chi connectivity index (χ1) is 19.1. The van der Waals surface area contributed by atoms with Crippen LogP contribution in [0, 0.1) is 29.1 Å². The van der Waals surface area contributed by atoms with Crippen LogP contribution < -0.4 is 9.47 Å². The molecular formula is C36H43NO2. The molecule has 1 atom stereocenters. The summed E-state index contributed by atoms with van der Waals surface area (Å²) in [6, 6.07) is 24.3. The second-order valence-electron chi connectivity index (χ2n) is 10.3. The van der Waals surface area contributed by atoms with Crippen LogP contribution in [0.15, 0.2) is 66.7 Å². The van der Waals surface area contributed by atoms with Gasteiger partial charge in [0.2, 0.25) is 0 Å². The van der Waals surface area contributed by atoms with Gasteiger partial charge in [-0.15, -0.1) is 0 Å². The number of ether oxygens (including phenoxy) is 2. The number of rotatable bonds is 15. The Morgan fingerprint density at radius 1 is 0.692 bits per heavy atom. The van der Waals surface area contributed by atoms with Crippen molar-refractivity contribution in [1.82, 2.24) is 0 Å². The summed E-state index contributed by atoms with van der Waals surface area (Å²) in [4.78, 5) is 0. The molecule has 0 saturated heterocycles. The van der Waals surface area contributed by atoms with Gasteiger partial charge in [0.1, 0.15) is 17.6 Å². The highest BCUT2D eigenvalue weighted by Gasteiger charge is 2.07. The van der Waals surface area contributed by atoms with E-state index in [2.05, 4.69) is 75.1 Å². The fourth-order valence-electron chi connectivity index (χ4n) is 4.23. The molecule has 0 heterocycles. The lowest BCUT2D eigenvalue weighted by Crippen LogP contribution is -2.08. The fourth-order valence-corrected chi connectivity index (χ4v) is 4.23. The summed E-state index contributed by atoms with van der Waals surface area (Å²) in [7, 11) is 0. The summed E-state index contributed by atoms with van der Waals surface area (Å²) in [5, 5.41) is 9.52. The molecule has 0 unspecified atom stereocenters. The third kappa shape index (κ3) is 10.5. The maximum atomic E-state index is 9.52. The molecule has 0 aromatic heterocycles. The van der Waals surface area contributed by atoms with Gasteiger partial charge in [0.05, 0.1) is 18.8 Å². The lowest BCUT2D eigenvalue weighted by Gasteiger charge is -2.12. The highest BCUT2D eigenvalue weighted by atomic mass is 16.5. The number of nitriles is 1. The zero-order chi connectivity index (χ0) is 27.7. The van der Waals surface area contributed by atoms with Crippen molar-refractivity contribution in [1.29, 1.82) is 5.26 Å². The molecule has 3 rings (SSSR count). The summed E-state index contributed by atoms with van der Waals surface area (Å²) in [6.45, 7) is 7.93. The average molecular weight is 522 g/mol. The second-order valence-corrected chi connectivity index (χ2v) is 10.3. The Balaban J connectivity index is 1.48. The standard InChI is InChI=1S/C36H43NO2/c1-4-6-7-8-9-10-11-12-25-38-35-22-20-33(21-23-35)32-18-15-30(16-19-32)13-14-31-17-24-36(34(26-31)27-37)39-28-29(3)5-2/h15-24,26,29H,4-12,25,28H2,1-3H3/t29-/m0/s1. The van der Waals surface area contributed by atoms with Gasteiger partial charge >= 0.3 is 0 Å². The highest BCUT2D eigenvalue weighted by Crippen LogP contribution is 2.24. The molecule has 3 aromatic carbocycles. The number of nitrogens with zero attached hydrogens (tertiary/aromatic N) is 1. The van der Waals surface area contributed by atoms with Crippen LogP contribution in [0.4, 0.5) is 0 Å². The Labute approximate surface area is 236 Å². The van der Waals surface area contributed by atoms with Crippen molar-refractivity contribution in [2.45, 2.75) is 78.6 Å². The lowest BCUT2D eigenvalue weighted by atomic mass is 10.0. The molecule has 0 aliphatic rings. The SMILES string of the molecule is CCCCCCCCCCOc1ccc(-c2ccc(C#Cc3ccc(OC[C@@H](C)CC)c(C#N)c3)cc2)cc1. The van der Waals surface area contributed by atoms with Crippen LogP contribution >= 0.6 is 0 Å². The first kappa shape index (κ1) is 29.9. The van der Waals surface area contributed by atoms with Gasteiger partial charge in [-0.1, -0.05) is 108 Å². The first-order valence-corrected chi connectivity index (χ1v) is 14.6. The molecule has 0 aliphatic heterocycles. The fraction of sp³-hybridized carbons (Fsp3) is 0.417. The molecule has 39 heavy (non-hydrogen) atoms. The van der Waals surface area contributed by atoms with E-state index in [1.807, 2.05) is 24.3 Å². The van der Waals surface area contributed by atoms with Crippen LogP contribution in [0.5, 0.6) is 11.5 Å². The van der Waals surface area contributed by atoms with E-state index >= 15 is 0 Å². The van der Waals surface area contributed by atoms with Crippen molar-refractivity contribution < 1.29 is 9.47 Å². The normalized spacial score (nSPS) is 11.2. The third-order valence-electron chi connectivity index (χ3n) is 7.01. The van der Waals surface area contributed by atoms with Crippen LogP contribution in [-0.2, 0) is 0 Å². The summed E-state index contributed by atoms with van der Waals surface area (Å²) in [6.07, 6.45) is 11.5. The summed E-state index contributed by atoms with van der Waals surface area (Å²) < 4.78 is 11.8. The van der Waals surface area contributed by atoms with Gasteiger partial charge in [0.15, 0.2) is 0 Å². The van der Waals surface area contributed by atoms with E-state index < -0.39 is 0 Å². The number of unbranched alkanes of at least 4 members (excludes halogenated alkanes) is 7. The molecule has 3 heteroatoms. The van der Waals surface area contributed by atoms with Crippen molar-refractivity contribution in [2.24, 2.45) is 5.92 Å². The van der Waals surface area contributed by atoms with Crippen LogP contribution in [0.1, 0.15) is 95.2 Å². The third-order valence-corrected chi connectivity index (χ3v) is 7.01. The van der Waals surface area contributed by atoms with Gasteiger partial charge in [0, 0.05) is 11.1 Å². The van der Waals surface area contributed by atoms with Gasteiger partial charge in [-0.05, 0) is 65.9 Å². The molecule has 0 radical (unpaired) electrons. The molecule has 0 amide bonds. The van der Waals surface area contributed by atoms with Crippen LogP contribution in [0.25, 0.3) is 11.1 Å². The molecule has 3 nitrogen and oxygen atoms in total. The van der Waals surface area contributed by atoms with Crippen molar-refractivity contribution >= 4 is 0 Å². The Morgan fingerprint density at radius 2 is 1.28 bits per heavy atom. The van der Waals surface area contributed by atoms with E-state index in [4.69, 9.17) is 9.47 Å². The molecule has 0 bridgehead atoms. The van der Waals surface area contributed by atoms with Crippen molar-refractivity contribution in [3.8, 4) is 40.5 Å². The molecule has 3 aromatic rings. The quantitative estimate of drug-likeness (QED) is 0.148. The highest BCUT2D eigenvalue weighted by molar-refractivity contribution is 5.65. The largest absolute Gasteiger partial charge is 0.494 e. The van der Waals surface area contributed by atoms with Gasteiger partial charge in [-0.3, -0.25) is 0 Å². The zero-order valence-electron chi connectivity index (χ0n) is 24.0. The van der Waals surface area contributed by atoms with E-state index in [-0.39, 0.29) is 0 Å². The monoisotopic (exact) mass is 521 g/mol. The minimum Gasteiger partial charge on any atom is -0.494 e. The van der Waals surface area contributed by atoms with Gasteiger partial charge in [-0.25, -0.2) is 0 Å². The first-order valence-electron chi connectivity index (χ1n) is 14.6. The predicted molar refractivity (Wildman–Crippen MR) is 162 cm³/mol. The zero-order valence-corrected chi connectivity index (χ0v) is 24.0. The summed E-state index contributed by atoms with van der Waals surface area (Å²) in [5.41, 5.74) is 4.55. The van der Waals surface area contributed by atoms with Crippen LogP contribution in [-0.4, -0.2) is 13.2 Å². The number of benzene rings is 3. The number of hydrogen-bond acceptors (Lipinski definition) is 3. The van der Waals surface area contributed by atoms with Gasteiger partial charge in [0.25, 0.3) is 0 Å². The van der Waals surface area contributed by atoms with E-state index in [1.165, 1.54) is 44.9 Å². The van der Waals surface area contributed by atoms with Crippen molar-refractivity contribution in [3.63, 3.8) is 0 Å². The Kier molecular flexibility index (Phi) is 13.0. The molecule has 0 N–H and O–H groups in total. The average Bonchev–Trinajstić information content (AvgIpc) is 2.98. The molecule has 0 saturated carbocycles. The number of hydrogen-bond donors (Lipinski definition) is 0. The van der Waals surface area contributed by atoms with Crippen LogP contribution in [0.3, 0.4) is 0 Å². The molecular weight excluding hydrogens is 478 g/mol. The van der Waals surface area contributed by atoms with Crippen molar-refractivity contribution in [2.75, 3.05) is 13.2 Å². The minimum atomic E-state index is 0.454. The minimum absolute atomic E-state index is 0.454. The second kappa shape index (κ2) is 17.0. The van der Waals surface area contributed by atoms with E-state index in [0.717, 1.165) is 47.5 Å². The van der Waals surface area contributed by atoms with Crippen LogP contribution in [0.2, 0.25) is 0 Å². The molecule has 0 fully saturated rings. The molecule has 0 aliphatic carbocycles. The maximum Gasteiger partial charge on any atom is 0.137 e. The predicted octanol–water partition coefficient (Wildman–Crippen LogP) is 9.57. The Morgan fingerprint density at radius 3 is 1.92 bits per heavy atom. The van der Waals surface area contributed by atoms with E-state index in [0.29, 0.717) is 23.8 Å². The maximum absolute atomic E-state index is 9.52. The van der Waals surface area contributed by atoms with E-state index in [9.17, 15) is 5.26 Å². The lowest BCUT2D eigenvalue weighted by molar-refractivity contribution is 0.256. The van der Waals surface area contributed by atoms with E-state index in [1.54, 1.807) is 6.07 Å². The molecule has 204 valence electrons. The summed E-state index contributed by atoms with van der Waals surface area (Å²) >= 11 is 0. The van der Waals surface area contributed by atoms with Crippen molar-refractivity contribution in [3.05, 3.63) is 83.4 Å². The van der Waals surface area contributed by atoms with Gasteiger partial charge in [-0.2, -0.15) is 5.26 Å².